The minimum Gasteiger partial charge on any atom is -0.494 e. The molecule has 0 aliphatic carbocycles. The van der Waals surface area contributed by atoms with Gasteiger partial charge in [0.05, 0.1) is 12.8 Å². The van der Waals surface area contributed by atoms with Crippen molar-refractivity contribution in [2.45, 2.75) is 12.6 Å². The van der Waals surface area contributed by atoms with E-state index in [4.69, 9.17) is 9.47 Å². The summed E-state index contributed by atoms with van der Waals surface area (Å²) in [6, 6.07) is 11.0. The van der Waals surface area contributed by atoms with E-state index in [-0.39, 0.29) is 11.7 Å². The van der Waals surface area contributed by atoms with E-state index in [0.717, 1.165) is 11.8 Å². The highest BCUT2D eigenvalue weighted by Crippen LogP contribution is 2.38. The van der Waals surface area contributed by atoms with Crippen molar-refractivity contribution in [1.29, 1.82) is 0 Å². The number of aromatic nitrogens is 2. The SMILES string of the molecule is C=CC(=O)Nc1cccc(Oc2nc(Nc3ccc(N4CCCN(C(=O)O)CC4)cc3OC)ncc2C(F)(F)F)c1. The van der Waals surface area contributed by atoms with E-state index in [0.29, 0.717) is 55.9 Å². The van der Waals surface area contributed by atoms with Crippen LogP contribution >= 0.6 is 0 Å². The minimum absolute atomic E-state index is 0.00265. The number of rotatable bonds is 8. The number of carboxylic acid groups (broad SMARTS) is 1. The van der Waals surface area contributed by atoms with Gasteiger partial charge in [0.2, 0.25) is 17.7 Å². The number of benzene rings is 2. The molecule has 3 aromatic rings. The van der Waals surface area contributed by atoms with Gasteiger partial charge in [-0.15, -0.1) is 0 Å². The molecule has 2 amide bonds. The molecule has 0 spiro atoms. The summed E-state index contributed by atoms with van der Waals surface area (Å²) >= 11 is 0. The lowest BCUT2D eigenvalue weighted by molar-refractivity contribution is -0.139. The zero-order valence-corrected chi connectivity index (χ0v) is 21.9. The molecule has 2 heterocycles. The van der Waals surface area contributed by atoms with Crippen LogP contribution in [0, 0.1) is 0 Å². The molecule has 0 atom stereocenters. The topological polar surface area (TPSA) is 129 Å². The third-order valence-corrected chi connectivity index (χ3v) is 6.12. The Labute approximate surface area is 233 Å². The van der Waals surface area contributed by atoms with Gasteiger partial charge < -0.3 is 35.0 Å². The standard InChI is InChI=1S/C27H27F3N6O5/c1-3-23(37)32-17-6-4-7-19(14-17)41-24-20(27(28,29)30)16-31-25(34-24)33-21-9-8-18(15-22(21)40-2)35-10-5-11-36(13-12-35)26(38)39/h3-4,6-9,14-16H,1,5,10-13H2,2H3,(H,32,37)(H,38,39)(H,31,33,34). The van der Waals surface area contributed by atoms with Gasteiger partial charge in [0.15, 0.2) is 0 Å². The molecule has 0 saturated carbocycles. The number of nitrogens with zero attached hydrogens (tertiary/aromatic N) is 4. The van der Waals surface area contributed by atoms with Gasteiger partial charge in [-0.25, -0.2) is 9.78 Å². The van der Waals surface area contributed by atoms with Crippen LogP contribution in [-0.4, -0.2) is 65.3 Å². The molecule has 1 aromatic heterocycles. The number of amides is 2. The Kier molecular flexibility index (Phi) is 8.80. The summed E-state index contributed by atoms with van der Waals surface area (Å²) in [5.74, 6) is -1.04. The van der Waals surface area contributed by atoms with Gasteiger partial charge in [-0.1, -0.05) is 12.6 Å². The average Bonchev–Trinajstić information content (AvgIpc) is 3.20. The number of alkyl halides is 3. The van der Waals surface area contributed by atoms with Gasteiger partial charge in [0.1, 0.15) is 17.1 Å². The van der Waals surface area contributed by atoms with Crippen LogP contribution in [0.15, 0.2) is 61.3 Å². The van der Waals surface area contributed by atoms with Crippen LogP contribution in [0.3, 0.4) is 0 Å². The van der Waals surface area contributed by atoms with Crippen molar-refractivity contribution < 1.29 is 37.3 Å². The van der Waals surface area contributed by atoms with Crippen LogP contribution < -0.4 is 25.0 Å². The van der Waals surface area contributed by atoms with E-state index in [1.165, 1.54) is 36.3 Å². The number of nitrogens with one attached hydrogen (secondary N) is 2. The molecule has 41 heavy (non-hydrogen) atoms. The Bertz CT molecular complexity index is 1430. The monoisotopic (exact) mass is 572 g/mol. The van der Waals surface area contributed by atoms with Crippen LogP contribution in [0.4, 0.5) is 41.0 Å². The van der Waals surface area contributed by atoms with E-state index in [1.54, 1.807) is 18.2 Å². The number of anilines is 4. The van der Waals surface area contributed by atoms with Crippen molar-refractivity contribution in [2.75, 3.05) is 48.8 Å². The van der Waals surface area contributed by atoms with Crippen LogP contribution in [0.1, 0.15) is 12.0 Å². The average molecular weight is 573 g/mol. The van der Waals surface area contributed by atoms with Gasteiger partial charge in [0, 0.05) is 55.9 Å². The quantitative estimate of drug-likeness (QED) is 0.306. The fraction of sp³-hybridized carbons (Fsp3) is 0.259. The number of carbonyl (C=O) groups excluding carboxylic acids is 1. The fourth-order valence-electron chi connectivity index (χ4n) is 4.11. The second kappa shape index (κ2) is 12.4. The predicted octanol–water partition coefficient (Wildman–Crippen LogP) is 5.35. The highest BCUT2D eigenvalue weighted by Gasteiger charge is 2.36. The van der Waals surface area contributed by atoms with Gasteiger partial charge >= 0.3 is 12.3 Å². The molecule has 11 nitrogen and oxygen atoms in total. The molecule has 0 radical (unpaired) electrons. The Morgan fingerprint density at radius 1 is 1.12 bits per heavy atom. The Morgan fingerprint density at radius 2 is 1.93 bits per heavy atom. The summed E-state index contributed by atoms with van der Waals surface area (Å²) in [7, 11) is 1.44. The third-order valence-electron chi connectivity index (χ3n) is 6.12. The minimum atomic E-state index is -4.80. The van der Waals surface area contributed by atoms with E-state index in [1.807, 2.05) is 4.90 Å². The molecular formula is C27H27F3N6O5. The fourth-order valence-corrected chi connectivity index (χ4v) is 4.11. The summed E-state index contributed by atoms with van der Waals surface area (Å²) in [5.41, 5.74) is 0.277. The molecule has 0 unspecified atom stereocenters. The first-order valence-corrected chi connectivity index (χ1v) is 12.4. The Morgan fingerprint density at radius 3 is 2.63 bits per heavy atom. The van der Waals surface area contributed by atoms with Gasteiger partial charge in [-0.3, -0.25) is 4.79 Å². The maximum atomic E-state index is 13.7. The number of methoxy groups -OCH3 is 1. The smallest absolute Gasteiger partial charge is 0.423 e. The summed E-state index contributed by atoms with van der Waals surface area (Å²) in [5, 5.41) is 14.7. The van der Waals surface area contributed by atoms with Crippen molar-refractivity contribution in [1.82, 2.24) is 14.9 Å². The van der Waals surface area contributed by atoms with Crippen molar-refractivity contribution in [3.63, 3.8) is 0 Å². The Hall–Kier alpha value is -5.01. The zero-order valence-electron chi connectivity index (χ0n) is 21.9. The van der Waals surface area contributed by atoms with E-state index in [2.05, 4.69) is 27.2 Å². The van der Waals surface area contributed by atoms with Crippen LogP contribution in [0.5, 0.6) is 17.4 Å². The van der Waals surface area contributed by atoms with Gasteiger partial charge in [-0.2, -0.15) is 18.2 Å². The first-order valence-electron chi connectivity index (χ1n) is 12.4. The molecule has 1 saturated heterocycles. The molecule has 1 fully saturated rings. The molecule has 4 rings (SSSR count). The van der Waals surface area contributed by atoms with Crippen LogP contribution in [-0.2, 0) is 11.0 Å². The summed E-state index contributed by atoms with van der Waals surface area (Å²) in [4.78, 5) is 34.1. The van der Waals surface area contributed by atoms with Crippen molar-refractivity contribution in [2.24, 2.45) is 0 Å². The van der Waals surface area contributed by atoms with E-state index >= 15 is 0 Å². The maximum absolute atomic E-state index is 13.7. The first kappa shape index (κ1) is 29.0. The molecule has 0 bridgehead atoms. The number of hydrogen-bond acceptors (Lipinski definition) is 8. The molecule has 14 heteroatoms. The van der Waals surface area contributed by atoms with Crippen LogP contribution in [0.25, 0.3) is 0 Å². The summed E-state index contributed by atoms with van der Waals surface area (Å²) < 4.78 is 52.2. The molecule has 2 aromatic carbocycles. The first-order chi connectivity index (χ1) is 19.6. The molecular weight excluding hydrogens is 545 g/mol. The van der Waals surface area contributed by atoms with Crippen LogP contribution in [0.2, 0.25) is 0 Å². The number of hydrogen-bond donors (Lipinski definition) is 3. The van der Waals surface area contributed by atoms with Crippen molar-refractivity contribution >= 4 is 35.0 Å². The highest BCUT2D eigenvalue weighted by atomic mass is 19.4. The molecule has 1 aliphatic heterocycles. The molecule has 216 valence electrons. The zero-order chi connectivity index (χ0) is 29.6. The Balaban J connectivity index is 1.58. The van der Waals surface area contributed by atoms with E-state index < -0.39 is 29.6 Å². The lowest BCUT2D eigenvalue weighted by Crippen LogP contribution is -2.34. The number of halogens is 3. The lowest BCUT2D eigenvalue weighted by atomic mass is 10.2. The summed E-state index contributed by atoms with van der Waals surface area (Å²) in [6.45, 7) is 5.27. The second-order valence-corrected chi connectivity index (χ2v) is 8.85. The highest BCUT2D eigenvalue weighted by molar-refractivity contribution is 5.98. The van der Waals surface area contributed by atoms with E-state index in [9.17, 15) is 27.9 Å². The number of carbonyl (C=O) groups is 2. The third kappa shape index (κ3) is 7.35. The predicted molar refractivity (Wildman–Crippen MR) is 145 cm³/mol. The van der Waals surface area contributed by atoms with Gasteiger partial charge in [0.25, 0.3) is 0 Å². The normalized spacial score (nSPS) is 13.7. The van der Waals surface area contributed by atoms with Crippen molar-refractivity contribution in [3.8, 4) is 17.4 Å². The maximum Gasteiger partial charge on any atom is 0.423 e. The number of ether oxygens (including phenoxy) is 2. The summed E-state index contributed by atoms with van der Waals surface area (Å²) in [6.07, 6.45) is -3.44. The van der Waals surface area contributed by atoms with Gasteiger partial charge in [-0.05, 0) is 36.8 Å². The lowest BCUT2D eigenvalue weighted by Gasteiger charge is -2.24. The molecule has 3 N–H and O–H groups in total. The van der Waals surface area contributed by atoms with Crippen molar-refractivity contribution in [3.05, 3.63) is 66.9 Å². The molecule has 1 aliphatic rings. The second-order valence-electron chi connectivity index (χ2n) is 8.85. The largest absolute Gasteiger partial charge is 0.494 e.